The van der Waals surface area contributed by atoms with Crippen LogP contribution in [0.25, 0.3) is 0 Å². The van der Waals surface area contributed by atoms with Crippen LogP contribution in [0.3, 0.4) is 0 Å². The largest absolute Gasteiger partial charge is 0.352 e. The fourth-order valence-electron chi connectivity index (χ4n) is 4.26. The van der Waals surface area contributed by atoms with Gasteiger partial charge in [0, 0.05) is 31.4 Å². The molecule has 0 aromatic carbocycles. The highest BCUT2D eigenvalue weighted by atomic mass is 16.2. The normalized spacial score (nSPS) is 18.8. The van der Waals surface area contributed by atoms with Crippen molar-refractivity contribution in [2.45, 2.75) is 53.0 Å². The Morgan fingerprint density at radius 1 is 1.34 bits per heavy atom. The maximum Gasteiger partial charge on any atom is 0.265 e. The minimum Gasteiger partial charge on any atom is -0.352 e. The number of nitriles is 1. The zero-order valence-electron chi connectivity index (χ0n) is 20.9. The number of pyridine rings is 1. The summed E-state index contributed by atoms with van der Waals surface area (Å²) in [7, 11) is 0. The summed E-state index contributed by atoms with van der Waals surface area (Å²) in [5.41, 5.74) is 1.78. The van der Waals surface area contributed by atoms with Crippen molar-refractivity contribution in [1.82, 2.24) is 14.8 Å². The lowest BCUT2D eigenvalue weighted by Crippen LogP contribution is -2.56. The van der Waals surface area contributed by atoms with Gasteiger partial charge < -0.3 is 10.2 Å². The molecule has 8 heteroatoms. The van der Waals surface area contributed by atoms with E-state index in [-0.39, 0.29) is 29.3 Å². The molecule has 1 aromatic heterocycles. The van der Waals surface area contributed by atoms with E-state index < -0.39 is 11.5 Å². The number of amides is 2. The van der Waals surface area contributed by atoms with Gasteiger partial charge in [-0.25, -0.2) is 4.99 Å². The molecule has 184 valence electrons. The molecule has 0 bridgehead atoms. The lowest BCUT2D eigenvalue weighted by atomic mass is 9.84. The summed E-state index contributed by atoms with van der Waals surface area (Å²) in [6.07, 6.45) is 8.09. The molecule has 1 saturated heterocycles. The lowest BCUT2D eigenvalue weighted by molar-refractivity contribution is -0.142. The smallest absolute Gasteiger partial charge is 0.265 e. The highest BCUT2D eigenvalue weighted by Crippen LogP contribution is 2.33. The Hall–Kier alpha value is -3.73. The van der Waals surface area contributed by atoms with Crippen LogP contribution >= 0.6 is 0 Å². The maximum absolute atomic E-state index is 13.3. The van der Waals surface area contributed by atoms with Gasteiger partial charge in [-0.1, -0.05) is 39.5 Å². The quantitative estimate of drug-likeness (QED) is 0.457. The van der Waals surface area contributed by atoms with E-state index in [9.17, 15) is 14.4 Å². The van der Waals surface area contributed by atoms with Crippen molar-refractivity contribution in [3.05, 3.63) is 63.5 Å². The number of nitrogens with one attached hydrogen (secondary N) is 1. The first-order chi connectivity index (χ1) is 16.6. The number of aliphatic imine (C=N–C) groups is 1. The summed E-state index contributed by atoms with van der Waals surface area (Å²) in [6, 6.07) is 3.67. The molecular weight excluding hydrogens is 442 g/mol. The molecule has 3 heterocycles. The van der Waals surface area contributed by atoms with Gasteiger partial charge >= 0.3 is 0 Å². The van der Waals surface area contributed by atoms with Crippen molar-refractivity contribution in [3.8, 4) is 6.07 Å². The van der Waals surface area contributed by atoms with E-state index in [0.29, 0.717) is 43.9 Å². The third-order valence-corrected chi connectivity index (χ3v) is 6.31. The fraction of sp³-hybridized carbons (Fsp3) is 0.444. The van der Waals surface area contributed by atoms with Gasteiger partial charge in [0.2, 0.25) is 5.91 Å². The molecule has 1 atom stereocenters. The van der Waals surface area contributed by atoms with Crippen LogP contribution in [0.2, 0.25) is 0 Å². The predicted molar refractivity (Wildman–Crippen MR) is 137 cm³/mol. The molecule has 1 unspecified atom stereocenters. The zero-order valence-corrected chi connectivity index (χ0v) is 20.9. The molecule has 8 nitrogen and oxygen atoms in total. The molecule has 2 aliphatic heterocycles. The van der Waals surface area contributed by atoms with Gasteiger partial charge in [-0.05, 0) is 54.4 Å². The molecule has 2 amide bonds. The number of aromatic nitrogens is 1. The summed E-state index contributed by atoms with van der Waals surface area (Å²) in [5, 5.41) is 11.7. The minimum absolute atomic E-state index is 0.00814. The second-order valence-electron chi connectivity index (χ2n) is 10.0. The molecule has 0 spiro atoms. The molecular formula is C27H33N5O3. The van der Waals surface area contributed by atoms with Gasteiger partial charge in [0.25, 0.3) is 11.5 Å². The summed E-state index contributed by atoms with van der Waals surface area (Å²) >= 11 is 0. The van der Waals surface area contributed by atoms with Crippen LogP contribution in [0.4, 0.5) is 5.82 Å². The molecule has 1 aromatic rings. The van der Waals surface area contributed by atoms with Crippen molar-refractivity contribution in [2.75, 3.05) is 19.6 Å². The molecule has 1 N–H and O–H groups in total. The van der Waals surface area contributed by atoms with Crippen LogP contribution in [0, 0.1) is 16.7 Å². The SMILES string of the molecule is C=CC(=CC=C(C)C#N)CCNC(=O)c1cc2c(n(CC(=O)N3CC(C)(C)C3)c1=O)N=CCC2C. The van der Waals surface area contributed by atoms with Gasteiger partial charge in [0.05, 0.1) is 6.07 Å². The van der Waals surface area contributed by atoms with Crippen molar-refractivity contribution >= 4 is 23.8 Å². The number of fused-ring (bicyclic) bond motifs is 1. The summed E-state index contributed by atoms with van der Waals surface area (Å²) in [5.74, 6) is -0.113. The fourth-order valence-corrected chi connectivity index (χ4v) is 4.26. The molecule has 0 aliphatic carbocycles. The number of hydrogen-bond acceptors (Lipinski definition) is 5. The van der Waals surface area contributed by atoms with E-state index in [2.05, 4.69) is 36.8 Å². The average molecular weight is 476 g/mol. The Bertz CT molecular complexity index is 1220. The Balaban J connectivity index is 1.82. The average Bonchev–Trinajstić information content (AvgIpc) is 2.80. The van der Waals surface area contributed by atoms with Gasteiger partial charge in [-0.3, -0.25) is 19.0 Å². The molecule has 1 fully saturated rings. The van der Waals surface area contributed by atoms with Crippen molar-refractivity contribution in [3.63, 3.8) is 0 Å². The van der Waals surface area contributed by atoms with Crippen LogP contribution in [0.1, 0.15) is 62.4 Å². The topological polar surface area (TPSA) is 108 Å². The van der Waals surface area contributed by atoms with E-state index in [4.69, 9.17) is 5.26 Å². The molecule has 0 radical (unpaired) electrons. The molecule has 0 saturated carbocycles. The van der Waals surface area contributed by atoms with Crippen LogP contribution in [-0.4, -0.2) is 47.1 Å². The summed E-state index contributed by atoms with van der Waals surface area (Å²) in [4.78, 5) is 45.4. The van der Waals surface area contributed by atoms with Crippen LogP contribution in [-0.2, 0) is 11.3 Å². The Kier molecular flexibility index (Phi) is 7.90. The number of allylic oxidation sites excluding steroid dienone is 4. The summed E-state index contributed by atoms with van der Waals surface area (Å²) in [6.45, 7) is 13.1. The Labute approximate surface area is 206 Å². The van der Waals surface area contributed by atoms with E-state index in [1.807, 2.05) is 6.92 Å². The second-order valence-corrected chi connectivity index (χ2v) is 10.0. The number of hydrogen-bond donors (Lipinski definition) is 1. The zero-order chi connectivity index (χ0) is 25.8. The Morgan fingerprint density at radius 3 is 2.69 bits per heavy atom. The molecule has 2 aliphatic rings. The monoisotopic (exact) mass is 475 g/mol. The first kappa shape index (κ1) is 25.9. The van der Waals surface area contributed by atoms with Crippen LogP contribution in [0.15, 0.2) is 51.8 Å². The first-order valence-corrected chi connectivity index (χ1v) is 11.8. The van der Waals surface area contributed by atoms with Crippen molar-refractivity contribution in [1.29, 1.82) is 5.26 Å². The second kappa shape index (κ2) is 10.7. The number of carbonyl (C=O) groups is 2. The number of rotatable bonds is 8. The maximum atomic E-state index is 13.3. The third-order valence-electron chi connectivity index (χ3n) is 6.31. The minimum atomic E-state index is -0.521. The van der Waals surface area contributed by atoms with Gasteiger partial charge in [-0.15, -0.1) is 0 Å². The van der Waals surface area contributed by atoms with E-state index in [0.717, 1.165) is 11.1 Å². The Morgan fingerprint density at radius 2 is 2.06 bits per heavy atom. The molecule has 3 rings (SSSR count). The number of likely N-dealkylation sites (tertiary alicyclic amines) is 1. The van der Waals surface area contributed by atoms with Crippen LogP contribution in [0.5, 0.6) is 0 Å². The molecule has 35 heavy (non-hydrogen) atoms. The van der Waals surface area contributed by atoms with Crippen LogP contribution < -0.4 is 10.9 Å². The van der Waals surface area contributed by atoms with Gasteiger partial charge in [-0.2, -0.15) is 5.26 Å². The predicted octanol–water partition coefficient (Wildman–Crippen LogP) is 3.63. The standard InChI is InChI=1S/C27H33N5O3/c1-6-20(8-7-18(2)14-28)10-12-30-25(34)22-13-21-19(3)9-11-29-24(21)32(26(22)35)15-23(33)31-16-27(4,5)17-31/h6-8,11,13,19H,1,9-10,12,15-17H2,2-5H3,(H,30,34). The first-order valence-electron chi connectivity index (χ1n) is 11.8. The van der Waals surface area contributed by atoms with E-state index in [1.165, 1.54) is 4.57 Å². The van der Waals surface area contributed by atoms with E-state index >= 15 is 0 Å². The number of nitrogens with zero attached hydrogens (tertiary/aromatic N) is 4. The van der Waals surface area contributed by atoms with E-state index in [1.54, 1.807) is 42.3 Å². The summed E-state index contributed by atoms with van der Waals surface area (Å²) < 4.78 is 1.34. The number of carbonyl (C=O) groups excluding carboxylic acids is 2. The highest BCUT2D eigenvalue weighted by molar-refractivity contribution is 5.94. The van der Waals surface area contributed by atoms with Crippen molar-refractivity contribution < 1.29 is 9.59 Å². The highest BCUT2D eigenvalue weighted by Gasteiger charge is 2.37. The van der Waals surface area contributed by atoms with Gasteiger partial charge in [0.1, 0.15) is 17.9 Å². The van der Waals surface area contributed by atoms with Gasteiger partial charge in [0.15, 0.2) is 0 Å². The van der Waals surface area contributed by atoms with Crippen molar-refractivity contribution in [2.24, 2.45) is 10.4 Å². The third kappa shape index (κ3) is 6.04. The lowest BCUT2D eigenvalue weighted by Gasteiger charge is -2.45.